The molecule has 0 fully saturated rings. The van der Waals surface area contributed by atoms with Crippen molar-refractivity contribution in [1.29, 1.82) is 0 Å². The van der Waals surface area contributed by atoms with Crippen molar-refractivity contribution in [2.45, 2.75) is 13.3 Å². The molecule has 0 atom stereocenters. The molecular formula is C17H20N6S. The van der Waals surface area contributed by atoms with E-state index < -0.39 is 0 Å². The first kappa shape index (κ1) is 16.4. The first-order chi connectivity index (χ1) is 11.7. The number of nitrogens with zero attached hydrogens (tertiary/aromatic N) is 4. The van der Waals surface area contributed by atoms with E-state index in [2.05, 4.69) is 25.9 Å². The zero-order valence-electron chi connectivity index (χ0n) is 13.5. The minimum atomic E-state index is 0.491. The van der Waals surface area contributed by atoms with Gasteiger partial charge in [-0.25, -0.2) is 9.97 Å². The summed E-state index contributed by atoms with van der Waals surface area (Å²) < 4.78 is 0. The third-order valence-electron chi connectivity index (χ3n) is 3.54. The van der Waals surface area contributed by atoms with Crippen molar-refractivity contribution in [2.24, 2.45) is 5.73 Å². The fraction of sp³-hybridized carbons (Fsp3) is 0.235. The highest BCUT2D eigenvalue weighted by Gasteiger charge is 2.15. The molecule has 0 bridgehead atoms. The van der Waals surface area contributed by atoms with Gasteiger partial charge < -0.3 is 16.4 Å². The zero-order chi connectivity index (χ0) is 16.9. The second-order valence-corrected chi connectivity index (χ2v) is 6.42. The van der Waals surface area contributed by atoms with Gasteiger partial charge in [-0.3, -0.25) is 4.98 Å². The van der Waals surface area contributed by atoms with Gasteiger partial charge in [0.2, 0.25) is 0 Å². The van der Waals surface area contributed by atoms with Crippen LogP contribution in [0.1, 0.15) is 12.1 Å². The van der Waals surface area contributed by atoms with E-state index in [9.17, 15) is 0 Å². The Morgan fingerprint density at radius 2 is 2.00 bits per heavy atom. The third-order valence-corrected chi connectivity index (χ3v) is 4.61. The van der Waals surface area contributed by atoms with Gasteiger partial charge in [0, 0.05) is 30.2 Å². The molecule has 4 N–H and O–H groups in total. The Balaban J connectivity index is 1.92. The molecule has 6 nitrogen and oxygen atoms in total. The average molecular weight is 340 g/mol. The van der Waals surface area contributed by atoms with Crippen molar-refractivity contribution in [3.63, 3.8) is 0 Å². The van der Waals surface area contributed by atoms with Gasteiger partial charge in [0.15, 0.2) is 5.13 Å². The molecule has 0 aromatic carbocycles. The normalized spacial score (nSPS) is 10.8. The molecule has 0 spiro atoms. The number of hydrogen-bond acceptors (Lipinski definition) is 7. The summed E-state index contributed by atoms with van der Waals surface area (Å²) in [6, 6.07) is 9.66. The molecule has 0 unspecified atom stereocenters. The number of nitrogens with two attached hydrogens (primary N) is 2. The number of anilines is 3. The summed E-state index contributed by atoms with van der Waals surface area (Å²) >= 11 is 1.60. The van der Waals surface area contributed by atoms with E-state index in [1.807, 2.05) is 37.5 Å². The molecule has 3 aromatic heterocycles. The summed E-state index contributed by atoms with van der Waals surface area (Å²) in [5.41, 5.74) is 13.6. The van der Waals surface area contributed by atoms with Gasteiger partial charge in [0.05, 0.1) is 4.88 Å². The first-order valence-electron chi connectivity index (χ1n) is 7.76. The minimum absolute atomic E-state index is 0.491. The van der Waals surface area contributed by atoms with Crippen LogP contribution >= 0.6 is 11.3 Å². The van der Waals surface area contributed by atoms with Crippen molar-refractivity contribution in [3.8, 4) is 10.4 Å². The van der Waals surface area contributed by atoms with Crippen molar-refractivity contribution in [2.75, 3.05) is 23.7 Å². The van der Waals surface area contributed by atoms with Gasteiger partial charge in [-0.05, 0) is 38.1 Å². The van der Waals surface area contributed by atoms with Crippen LogP contribution in [0.4, 0.5) is 16.8 Å². The van der Waals surface area contributed by atoms with Crippen LogP contribution in [0.2, 0.25) is 0 Å². The highest BCUT2D eigenvalue weighted by Crippen LogP contribution is 2.34. The summed E-state index contributed by atoms with van der Waals surface area (Å²) in [4.78, 5) is 16.5. The SMILES string of the molecule is Cc1ccc(-c2cnc(N(CCCN)c3cccc(N)n3)s2)cn1. The fourth-order valence-corrected chi connectivity index (χ4v) is 3.23. The maximum absolute atomic E-state index is 5.83. The molecule has 3 aromatic rings. The van der Waals surface area contributed by atoms with Gasteiger partial charge in [0.25, 0.3) is 0 Å². The van der Waals surface area contributed by atoms with Crippen molar-refractivity contribution in [1.82, 2.24) is 15.0 Å². The van der Waals surface area contributed by atoms with Crippen LogP contribution in [0.25, 0.3) is 10.4 Å². The third kappa shape index (κ3) is 3.69. The largest absolute Gasteiger partial charge is 0.384 e. The lowest BCUT2D eigenvalue weighted by Gasteiger charge is -2.20. The van der Waals surface area contributed by atoms with E-state index >= 15 is 0 Å². The second-order valence-electron chi connectivity index (χ2n) is 5.41. The highest BCUT2D eigenvalue weighted by atomic mass is 32.1. The lowest BCUT2D eigenvalue weighted by atomic mass is 10.2. The fourth-order valence-electron chi connectivity index (χ4n) is 2.28. The molecule has 7 heteroatoms. The molecule has 0 aliphatic heterocycles. The Morgan fingerprint density at radius 3 is 2.71 bits per heavy atom. The van der Waals surface area contributed by atoms with Crippen LogP contribution in [-0.4, -0.2) is 28.0 Å². The molecule has 24 heavy (non-hydrogen) atoms. The van der Waals surface area contributed by atoms with Crippen LogP contribution in [-0.2, 0) is 0 Å². The van der Waals surface area contributed by atoms with Crippen LogP contribution in [0.3, 0.4) is 0 Å². The van der Waals surface area contributed by atoms with Crippen molar-refractivity contribution >= 4 is 28.1 Å². The molecule has 0 aliphatic carbocycles. The number of aromatic nitrogens is 3. The number of rotatable bonds is 6. The monoisotopic (exact) mass is 340 g/mol. The van der Waals surface area contributed by atoms with Crippen LogP contribution in [0.5, 0.6) is 0 Å². The van der Waals surface area contributed by atoms with E-state index in [1.54, 1.807) is 17.4 Å². The van der Waals surface area contributed by atoms with Crippen LogP contribution in [0.15, 0.2) is 42.7 Å². The average Bonchev–Trinajstić information content (AvgIpc) is 3.06. The summed E-state index contributed by atoms with van der Waals surface area (Å²) in [5.74, 6) is 1.27. The quantitative estimate of drug-likeness (QED) is 0.716. The topological polar surface area (TPSA) is 94.0 Å². The number of hydrogen-bond donors (Lipinski definition) is 2. The Labute approximate surface area is 145 Å². The first-order valence-corrected chi connectivity index (χ1v) is 8.58. The highest BCUT2D eigenvalue weighted by molar-refractivity contribution is 7.19. The Morgan fingerprint density at radius 1 is 1.12 bits per heavy atom. The maximum atomic E-state index is 5.83. The van der Waals surface area contributed by atoms with Crippen molar-refractivity contribution in [3.05, 3.63) is 48.4 Å². The lowest BCUT2D eigenvalue weighted by Crippen LogP contribution is -2.21. The van der Waals surface area contributed by atoms with Gasteiger partial charge in [-0.2, -0.15) is 0 Å². The Hall–Kier alpha value is -2.51. The molecule has 0 aliphatic rings. The summed E-state index contributed by atoms with van der Waals surface area (Å²) in [6.07, 6.45) is 4.58. The number of aryl methyl sites for hydroxylation is 1. The second kappa shape index (κ2) is 7.37. The van der Waals surface area contributed by atoms with Gasteiger partial charge in [0.1, 0.15) is 11.6 Å². The summed E-state index contributed by atoms with van der Waals surface area (Å²) in [6.45, 7) is 3.33. The summed E-state index contributed by atoms with van der Waals surface area (Å²) in [5, 5.41) is 0.872. The molecule has 3 heterocycles. The van der Waals surface area contributed by atoms with E-state index in [-0.39, 0.29) is 0 Å². The molecule has 0 radical (unpaired) electrons. The molecule has 3 rings (SSSR count). The standard InChI is InChI=1S/C17H20N6S/c1-12-6-7-13(10-20-12)14-11-21-17(24-14)23(9-3-8-18)16-5-2-4-15(19)22-16/h2,4-7,10-11H,3,8-9,18H2,1H3,(H2,19,22). The van der Waals surface area contributed by atoms with Gasteiger partial charge in [-0.15, -0.1) is 0 Å². The molecule has 0 amide bonds. The molecule has 124 valence electrons. The molecular weight excluding hydrogens is 320 g/mol. The maximum Gasteiger partial charge on any atom is 0.191 e. The van der Waals surface area contributed by atoms with E-state index in [0.717, 1.165) is 40.0 Å². The summed E-state index contributed by atoms with van der Waals surface area (Å²) in [7, 11) is 0. The Kier molecular flexibility index (Phi) is 5.02. The number of nitrogen functional groups attached to an aromatic ring is 1. The van der Waals surface area contributed by atoms with Gasteiger partial charge in [-0.1, -0.05) is 23.5 Å². The minimum Gasteiger partial charge on any atom is -0.384 e. The molecule has 0 saturated heterocycles. The number of pyridine rings is 2. The number of thiazole rings is 1. The lowest BCUT2D eigenvalue weighted by molar-refractivity contribution is 0.808. The van der Waals surface area contributed by atoms with E-state index in [1.165, 1.54) is 0 Å². The molecule has 0 saturated carbocycles. The van der Waals surface area contributed by atoms with E-state index in [4.69, 9.17) is 11.5 Å². The predicted molar refractivity (Wildman–Crippen MR) is 99.4 cm³/mol. The smallest absolute Gasteiger partial charge is 0.191 e. The Bertz CT molecular complexity index is 799. The van der Waals surface area contributed by atoms with Crippen LogP contribution in [0, 0.1) is 6.92 Å². The zero-order valence-corrected chi connectivity index (χ0v) is 14.3. The van der Waals surface area contributed by atoms with Gasteiger partial charge >= 0.3 is 0 Å². The van der Waals surface area contributed by atoms with E-state index in [0.29, 0.717) is 12.4 Å². The predicted octanol–water partition coefficient (Wildman–Crippen LogP) is 2.98. The van der Waals surface area contributed by atoms with Crippen molar-refractivity contribution < 1.29 is 0 Å². The van der Waals surface area contributed by atoms with Crippen LogP contribution < -0.4 is 16.4 Å².